The van der Waals surface area contributed by atoms with E-state index in [1.807, 2.05) is 18.2 Å². The van der Waals surface area contributed by atoms with Crippen LogP contribution in [0.5, 0.6) is 0 Å². The molecule has 0 fully saturated rings. The van der Waals surface area contributed by atoms with Gasteiger partial charge in [-0.1, -0.05) is 11.6 Å². The van der Waals surface area contributed by atoms with Gasteiger partial charge in [-0.3, -0.25) is 0 Å². The summed E-state index contributed by atoms with van der Waals surface area (Å²) in [4.78, 5) is 0. The van der Waals surface area contributed by atoms with Crippen molar-refractivity contribution < 1.29 is 0 Å². The van der Waals surface area contributed by atoms with Crippen LogP contribution in [0.15, 0.2) is 18.2 Å². The topological polar surface area (TPSA) is 35.9 Å². The lowest BCUT2D eigenvalue weighted by atomic mass is 10.1. The van der Waals surface area contributed by atoms with E-state index in [1.54, 1.807) is 0 Å². The molecule has 56 valence electrons. The third kappa shape index (κ3) is 0.994. The fourth-order valence-electron chi connectivity index (χ4n) is 1.20. The summed E-state index contributed by atoms with van der Waals surface area (Å²) in [6, 6.07) is 5.55. The van der Waals surface area contributed by atoms with Gasteiger partial charge in [-0.25, -0.2) is 0 Å². The van der Waals surface area contributed by atoms with Crippen molar-refractivity contribution in [1.29, 1.82) is 5.41 Å². The molecule has 1 heterocycles. The average molecular weight is 167 g/mol. The van der Waals surface area contributed by atoms with Gasteiger partial charge >= 0.3 is 0 Å². The Hall–Kier alpha value is -1.02. The summed E-state index contributed by atoms with van der Waals surface area (Å²) < 4.78 is 0. The quantitative estimate of drug-likeness (QED) is 0.609. The van der Waals surface area contributed by atoms with Crippen LogP contribution in [0.2, 0.25) is 5.02 Å². The van der Waals surface area contributed by atoms with Crippen molar-refractivity contribution in [2.24, 2.45) is 0 Å². The highest BCUT2D eigenvalue weighted by Crippen LogP contribution is 2.24. The van der Waals surface area contributed by atoms with E-state index in [1.165, 1.54) is 0 Å². The number of fused-ring (bicyclic) bond motifs is 1. The molecule has 0 atom stereocenters. The van der Waals surface area contributed by atoms with Crippen molar-refractivity contribution in [1.82, 2.24) is 0 Å². The van der Waals surface area contributed by atoms with Gasteiger partial charge in [0.1, 0.15) is 0 Å². The highest BCUT2D eigenvalue weighted by molar-refractivity contribution is 6.31. The zero-order chi connectivity index (χ0) is 7.84. The molecule has 0 unspecified atom stereocenters. The molecule has 1 aromatic carbocycles. The van der Waals surface area contributed by atoms with E-state index in [0.29, 0.717) is 17.3 Å². The molecule has 1 aromatic rings. The van der Waals surface area contributed by atoms with Crippen LogP contribution in [0.4, 0.5) is 5.69 Å². The van der Waals surface area contributed by atoms with E-state index in [0.717, 1.165) is 11.3 Å². The van der Waals surface area contributed by atoms with Crippen LogP contribution in [0.3, 0.4) is 0 Å². The third-order valence-electron chi connectivity index (χ3n) is 1.76. The van der Waals surface area contributed by atoms with E-state index < -0.39 is 0 Å². The van der Waals surface area contributed by atoms with Gasteiger partial charge in [0, 0.05) is 16.3 Å². The molecule has 2 rings (SSSR count). The maximum absolute atomic E-state index is 7.51. The first-order valence-corrected chi connectivity index (χ1v) is 3.76. The molecule has 3 heteroatoms. The third-order valence-corrected chi connectivity index (χ3v) is 2.00. The summed E-state index contributed by atoms with van der Waals surface area (Å²) in [5, 5.41) is 11.3. The van der Waals surface area contributed by atoms with E-state index in [4.69, 9.17) is 17.0 Å². The van der Waals surface area contributed by atoms with Crippen molar-refractivity contribution in [2.45, 2.75) is 0 Å². The normalized spacial score (nSPS) is 14.5. The number of halogens is 1. The minimum atomic E-state index is 0.613. The van der Waals surface area contributed by atoms with E-state index in [9.17, 15) is 0 Å². The maximum Gasteiger partial charge on any atom is 0.0598 e. The second-order valence-corrected chi connectivity index (χ2v) is 2.96. The van der Waals surface area contributed by atoms with E-state index in [2.05, 4.69) is 5.32 Å². The molecule has 2 nitrogen and oxygen atoms in total. The number of benzene rings is 1. The van der Waals surface area contributed by atoms with Crippen LogP contribution in [-0.4, -0.2) is 12.3 Å². The summed E-state index contributed by atoms with van der Waals surface area (Å²) in [7, 11) is 0. The Bertz CT molecular complexity index is 320. The summed E-state index contributed by atoms with van der Waals surface area (Å²) in [5.41, 5.74) is 2.56. The lowest BCUT2D eigenvalue weighted by molar-refractivity contribution is 1.40. The highest BCUT2D eigenvalue weighted by Gasteiger charge is 2.14. The predicted octanol–water partition coefficient (Wildman–Crippen LogP) is 2.13. The lowest BCUT2D eigenvalue weighted by Gasteiger charge is -1.97. The van der Waals surface area contributed by atoms with E-state index >= 15 is 0 Å². The van der Waals surface area contributed by atoms with Gasteiger partial charge in [0.05, 0.1) is 12.3 Å². The molecular weight excluding hydrogens is 160 g/mol. The summed E-state index contributed by atoms with van der Waals surface area (Å²) in [5.74, 6) is 0. The fourth-order valence-corrected chi connectivity index (χ4v) is 1.37. The molecule has 0 radical (unpaired) electrons. The van der Waals surface area contributed by atoms with Gasteiger partial charge in [0.2, 0.25) is 0 Å². The fraction of sp³-hybridized carbons (Fsp3) is 0.125. The van der Waals surface area contributed by atoms with Crippen molar-refractivity contribution in [3.05, 3.63) is 28.8 Å². The Morgan fingerprint density at radius 3 is 3.09 bits per heavy atom. The molecule has 1 aliphatic heterocycles. The molecule has 0 amide bonds. The van der Waals surface area contributed by atoms with Crippen molar-refractivity contribution in [2.75, 3.05) is 11.9 Å². The van der Waals surface area contributed by atoms with Crippen LogP contribution in [0, 0.1) is 5.41 Å². The Kier molecular flexibility index (Phi) is 1.36. The van der Waals surface area contributed by atoms with Gasteiger partial charge in [0.15, 0.2) is 0 Å². The Labute approximate surface area is 69.7 Å². The average Bonchev–Trinajstić information content (AvgIpc) is 2.33. The van der Waals surface area contributed by atoms with Gasteiger partial charge in [0.25, 0.3) is 0 Å². The van der Waals surface area contributed by atoms with Crippen molar-refractivity contribution in [3.63, 3.8) is 0 Å². The zero-order valence-corrected chi connectivity index (χ0v) is 6.57. The molecule has 0 saturated heterocycles. The van der Waals surface area contributed by atoms with Crippen LogP contribution in [0.25, 0.3) is 0 Å². The van der Waals surface area contributed by atoms with Gasteiger partial charge in [-0.2, -0.15) is 0 Å². The van der Waals surface area contributed by atoms with E-state index in [-0.39, 0.29) is 0 Å². The predicted molar refractivity (Wildman–Crippen MR) is 46.8 cm³/mol. The lowest BCUT2D eigenvalue weighted by Crippen LogP contribution is -2.00. The molecule has 0 saturated carbocycles. The highest BCUT2D eigenvalue weighted by atomic mass is 35.5. The number of hydrogen-bond donors (Lipinski definition) is 2. The first-order valence-electron chi connectivity index (χ1n) is 3.38. The molecule has 2 N–H and O–H groups in total. The number of rotatable bonds is 0. The Morgan fingerprint density at radius 1 is 1.45 bits per heavy atom. The van der Waals surface area contributed by atoms with Crippen molar-refractivity contribution in [3.8, 4) is 0 Å². The number of nitrogens with one attached hydrogen (secondary N) is 2. The van der Waals surface area contributed by atoms with Crippen molar-refractivity contribution >= 4 is 23.0 Å². The smallest absolute Gasteiger partial charge is 0.0598 e. The Balaban J connectivity index is 2.60. The van der Waals surface area contributed by atoms with Gasteiger partial charge in [-0.05, 0) is 18.2 Å². The number of hydrogen-bond acceptors (Lipinski definition) is 2. The number of anilines is 1. The first kappa shape index (κ1) is 6.68. The molecule has 11 heavy (non-hydrogen) atoms. The minimum Gasteiger partial charge on any atom is -0.379 e. The Morgan fingerprint density at radius 2 is 2.27 bits per heavy atom. The molecule has 0 bridgehead atoms. The largest absolute Gasteiger partial charge is 0.379 e. The second-order valence-electron chi connectivity index (χ2n) is 2.52. The maximum atomic E-state index is 7.51. The molecule has 0 aromatic heterocycles. The first-order chi connectivity index (χ1) is 5.27. The summed E-state index contributed by atoms with van der Waals surface area (Å²) >= 11 is 5.76. The van der Waals surface area contributed by atoms with Gasteiger partial charge < -0.3 is 10.7 Å². The minimum absolute atomic E-state index is 0.613. The zero-order valence-electron chi connectivity index (χ0n) is 5.82. The van der Waals surface area contributed by atoms with Gasteiger partial charge in [-0.15, -0.1) is 0 Å². The summed E-state index contributed by atoms with van der Waals surface area (Å²) in [6.07, 6.45) is 0. The molecular formula is C8H7ClN2. The van der Waals surface area contributed by atoms with Crippen LogP contribution >= 0.6 is 11.6 Å². The molecule has 0 aliphatic carbocycles. The van der Waals surface area contributed by atoms with Crippen LogP contribution in [0.1, 0.15) is 5.56 Å². The molecule has 1 aliphatic rings. The van der Waals surface area contributed by atoms with Crippen LogP contribution in [-0.2, 0) is 0 Å². The summed E-state index contributed by atoms with van der Waals surface area (Å²) in [6.45, 7) is 0.621. The molecule has 0 spiro atoms. The second kappa shape index (κ2) is 2.24. The standard InChI is InChI=1S/C8H7ClN2/c9-5-1-2-8-6(3-5)7(10)4-11-8/h1-3,10-11H,4H2. The van der Waals surface area contributed by atoms with Crippen LogP contribution < -0.4 is 5.32 Å². The SMILES string of the molecule is N=C1CNc2ccc(Cl)cc21. The monoisotopic (exact) mass is 166 g/mol.